The first-order valence-electron chi connectivity index (χ1n) is 7.33. The molecule has 2 rings (SSSR count). The number of nitrogens with zero attached hydrogens (tertiary/aromatic N) is 1. The van der Waals surface area contributed by atoms with Crippen molar-refractivity contribution >= 4 is 21.6 Å². The van der Waals surface area contributed by atoms with Crippen molar-refractivity contribution in [2.24, 2.45) is 5.92 Å². The van der Waals surface area contributed by atoms with Crippen LogP contribution in [0.5, 0.6) is 0 Å². The second-order valence-corrected chi connectivity index (χ2v) is 7.07. The molecule has 106 valence electrons. The summed E-state index contributed by atoms with van der Waals surface area (Å²) >= 11 is 3.54. The van der Waals surface area contributed by atoms with E-state index in [1.165, 1.54) is 37.8 Å². The highest BCUT2D eigenvalue weighted by Gasteiger charge is 2.23. The molecule has 3 heteroatoms. The maximum Gasteiger partial charge on any atom is 0.0328 e. The number of anilines is 1. The summed E-state index contributed by atoms with van der Waals surface area (Å²) in [5, 5.41) is 0. The Morgan fingerprint density at radius 3 is 2.53 bits per heavy atom. The van der Waals surface area contributed by atoms with Gasteiger partial charge in [0.25, 0.3) is 0 Å². The summed E-state index contributed by atoms with van der Waals surface area (Å²) in [6, 6.07) is 7.03. The normalized spacial score (nSPS) is 16.7. The standard InChI is InChI=1S/C16H25BrN2/c1-12(2)10-19(16-5-3-4-6-16)11-13-7-14(17)9-15(18)8-13/h7-9,12,16H,3-6,10-11,18H2,1-2H3. The molecule has 0 radical (unpaired) electrons. The van der Waals surface area contributed by atoms with Crippen LogP contribution in [0, 0.1) is 5.92 Å². The van der Waals surface area contributed by atoms with E-state index in [2.05, 4.69) is 46.8 Å². The molecule has 0 unspecified atom stereocenters. The smallest absolute Gasteiger partial charge is 0.0328 e. The summed E-state index contributed by atoms with van der Waals surface area (Å²) in [7, 11) is 0. The Morgan fingerprint density at radius 2 is 1.95 bits per heavy atom. The molecule has 0 aliphatic heterocycles. The molecule has 2 nitrogen and oxygen atoms in total. The molecule has 0 aromatic heterocycles. The Hall–Kier alpha value is -0.540. The van der Waals surface area contributed by atoms with E-state index in [0.29, 0.717) is 5.92 Å². The number of halogens is 1. The minimum atomic E-state index is 0.713. The van der Waals surface area contributed by atoms with Crippen molar-refractivity contribution in [3.8, 4) is 0 Å². The third-order valence-electron chi connectivity index (χ3n) is 3.81. The fourth-order valence-corrected chi connectivity index (χ4v) is 3.64. The number of rotatable bonds is 5. The molecule has 1 aromatic rings. The van der Waals surface area contributed by atoms with E-state index in [1.807, 2.05) is 6.07 Å². The first-order valence-corrected chi connectivity index (χ1v) is 8.13. The van der Waals surface area contributed by atoms with Crippen molar-refractivity contribution in [2.75, 3.05) is 12.3 Å². The highest BCUT2D eigenvalue weighted by atomic mass is 79.9. The van der Waals surface area contributed by atoms with Crippen LogP contribution < -0.4 is 5.73 Å². The van der Waals surface area contributed by atoms with Crippen molar-refractivity contribution in [2.45, 2.75) is 52.1 Å². The molecule has 2 N–H and O–H groups in total. The van der Waals surface area contributed by atoms with E-state index >= 15 is 0 Å². The van der Waals surface area contributed by atoms with Crippen molar-refractivity contribution in [1.82, 2.24) is 4.90 Å². The number of nitrogen functional groups attached to an aromatic ring is 1. The number of benzene rings is 1. The predicted molar refractivity (Wildman–Crippen MR) is 86.1 cm³/mol. The molecule has 19 heavy (non-hydrogen) atoms. The number of hydrogen-bond donors (Lipinski definition) is 1. The molecule has 1 aliphatic carbocycles. The van der Waals surface area contributed by atoms with Gasteiger partial charge in [0.05, 0.1) is 0 Å². The summed E-state index contributed by atoms with van der Waals surface area (Å²) < 4.78 is 1.08. The predicted octanol–water partition coefficient (Wildman–Crippen LogP) is 4.43. The Balaban J connectivity index is 2.09. The first kappa shape index (κ1) is 14.9. The van der Waals surface area contributed by atoms with Gasteiger partial charge in [-0.15, -0.1) is 0 Å². The number of nitrogens with two attached hydrogens (primary N) is 1. The Labute approximate surface area is 125 Å². The van der Waals surface area contributed by atoms with Crippen molar-refractivity contribution in [1.29, 1.82) is 0 Å². The topological polar surface area (TPSA) is 29.3 Å². The molecular formula is C16H25BrN2. The number of hydrogen-bond acceptors (Lipinski definition) is 2. The lowest BCUT2D eigenvalue weighted by Gasteiger charge is -2.30. The van der Waals surface area contributed by atoms with Crippen molar-refractivity contribution < 1.29 is 0 Å². The summed E-state index contributed by atoms with van der Waals surface area (Å²) in [5.41, 5.74) is 8.11. The van der Waals surface area contributed by atoms with E-state index in [1.54, 1.807) is 0 Å². The van der Waals surface area contributed by atoms with Gasteiger partial charge in [-0.1, -0.05) is 42.6 Å². The van der Waals surface area contributed by atoms with E-state index in [4.69, 9.17) is 5.73 Å². The molecule has 0 spiro atoms. The lowest BCUT2D eigenvalue weighted by Crippen LogP contribution is -2.35. The SMILES string of the molecule is CC(C)CN(Cc1cc(N)cc(Br)c1)C1CCCC1. The van der Waals surface area contributed by atoms with Crippen LogP contribution >= 0.6 is 15.9 Å². The Kier molecular flexibility index (Phi) is 5.28. The molecule has 0 atom stereocenters. The first-order chi connectivity index (χ1) is 9.04. The van der Waals surface area contributed by atoms with Gasteiger partial charge in [-0.2, -0.15) is 0 Å². The van der Waals surface area contributed by atoms with E-state index in [9.17, 15) is 0 Å². The maximum atomic E-state index is 5.94. The zero-order valence-corrected chi connectivity index (χ0v) is 13.6. The highest BCUT2D eigenvalue weighted by molar-refractivity contribution is 9.10. The molecule has 0 bridgehead atoms. The van der Waals surface area contributed by atoms with Gasteiger partial charge in [0.2, 0.25) is 0 Å². The minimum Gasteiger partial charge on any atom is -0.399 e. The van der Waals surface area contributed by atoms with Crippen LogP contribution in [0.3, 0.4) is 0 Å². The Bertz CT molecular complexity index is 391. The molecule has 1 aliphatic rings. The monoisotopic (exact) mass is 324 g/mol. The quantitative estimate of drug-likeness (QED) is 0.812. The van der Waals surface area contributed by atoms with Gasteiger partial charge in [0.1, 0.15) is 0 Å². The summed E-state index contributed by atoms with van der Waals surface area (Å²) in [4.78, 5) is 2.65. The second-order valence-electron chi connectivity index (χ2n) is 6.15. The van der Waals surface area contributed by atoms with Crippen LogP contribution in [0.25, 0.3) is 0 Å². The molecular weight excluding hydrogens is 300 g/mol. The molecule has 1 aromatic carbocycles. The zero-order valence-electron chi connectivity index (χ0n) is 12.0. The summed E-state index contributed by atoms with van der Waals surface area (Å²) in [6.07, 6.45) is 5.49. The van der Waals surface area contributed by atoms with Gasteiger partial charge < -0.3 is 5.73 Å². The third kappa shape index (κ3) is 4.50. The van der Waals surface area contributed by atoms with E-state index in [0.717, 1.165) is 22.7 Å². The molecule has 0 saturated heterocycles. The lowest BCUT2D eigenvalue weighted by molar-refractivity contribution is 0.168. The van der Waals surface area contributed by atoms with Gasteiger partial charge in [-0.05, 0) is 42.5 Å². The molecule has 0 heterocycles. The summed E-state index contributed by atoms with van der Waals surface area (Å²) in [5.74, 6) is 0.713. The van der Waals surface area contributed by atoms with Crippen LogP contribution in [0.2, 0.25) is 0 Å². The minimum absolute atomic E-state index is 0.713. The van der Waals surface area contributed by atoms with Crippen LogP contribution in [0.15, 0.2) is 22.7 Å². The van der Waals surface area contributed by atoms with Crippen molar-refractivity contribution in [3.05, 3.63) is 28.2 Å². The van der Waals surface area contributed by atoms with Crippen LogP contribution in [0.1, 0.15) is 45.1 Å². The Morgan fingerprint density at radius 1 is 1.26 bits per heavy atom. The largest absolute Gasteiger partial charge is 0.399 e. The summed E-state index contributed by atoms with van der Waals surface area (Å²) in [6.45, 7) is 6.80. The molecule has 1 saturated carbocycles. The average Bonchev–Trinajstić information content (AvgIpc) is 2.79. The van der Waals surface area contributed by atoms with E-state index < -0.39 is 0 Å². The van der Waals surface area contributed by atoms with Gasteiger partial charge in [0.15, 0.2) is 0 Å². The zero-order chi connectivity index (χ0) is 13.8. The van der Waals surface area contributed by atoms with Gasteiger partial charge >= 0.3 is 0 Å². The van der Waals surface area contributed by atoms with Crippen LogP contribution in [-0.2, 0) is 6.54 Å². The fourth-order valence-electron chi connectivity index (χ4n) is 3.08. The van der Waals surface area contributed by atoms with Gasteiger partial charge in [-0.3, -0.25) is 4.90 Å². The van der Waals surface area contributed by atoms with Crippen molar-refractivity contribution in [3.63, 3.8) is 0 Å². The average molecular weight is 325 g/mol. The highest BCUT2D eigenvalue weighted by Crippen LogP contribution is 2.27. The third-order valence-corrected chi connectivity index (χ3v) is 4.26. The lowest BCUT2D eigenvalue weighted by atomic mass is 10.1. The van der Waals surface area contributed by atoms with Gasteiger partial charge in [0, 0.05) is 29.3 Å². The molecule has 1 fully saturated rings. The van der Waals surface area contributed by atoms with Crippen LogP contribution in [-0.4, -0.2) is 17.5 Å². The maximum absolute atomic E-state index is 5.94. The van der Waals surface area contributed by atoms with Crippen LogP contribution in [0.4, 0.5) is 5.69 Å². The molecule has 0 amide bonds. The second kappa shape index (κ2) is 6.76. The van der Waals surface area contributed by atoms with E-state index in [-0.39, 0.29) is 0 Å². The fraction of sp³-hybridized carbons (Fsp3) is 0.625. The van der Waals surface area contributed by atoms with Gasteiger partial charge in [-0.25, -0.2) is 0 Å².